The van der Waals surface area contributed by atoms with Gasteiger partial charge in [0.05, 0.1) is 6.07 Å². The lowest BCUT2D eigenvalue weighted by atomic mass is 9.84. The van der Waals surface area contributed by atoms with Gasteiger partial charge in [0, 0.05) is 6.54 Å². The molecule has 1 fully saturated rings. The van der Waals surface area contributed by atoms with Crippen LogP contribution in [0.4, 0.5) is 0 Å². The highest BCUT2D eigenvalue weighted by Gasteiger charge is 2.26. The third kappa shape index (κ3) is 4.51. The van der Waals surface area contributed by atoms with Crippen LogP contribution in [0, 0.1) is 16.7 Å². The summed E-state index contributed by atoms with van der Waals surface area (Å²) < 4.78 is 0. The number of hydrogen-bond acceptors (Lipinski definition) is 3. The third-order valence-corrected chi connectivity index (χ3v) is 3.41. The first kappa shape index (κ1) is 13.5. The van der Waals surface area contributed by atoms with Crippen LogP contribution in [-0.2, 0) is 0 Å². The molecule has 16 heavy (non-hydrogen) atoms. The van der Waals surface area contributed by atoms with Crippen LogP contribution in [0.2, 0.25) is 0 Å². The average molecular weight is 223 g/mol. The van der Waals surface area contributed by atoms with Gasteiger partial charge in [-0.05, 0) is 51.1 Å². The Labute approximate surface area is 99.6 Å². The number of hydrogen-bond donors (Lipinski definition) is 1. The van der Waals surface area contributed by atoms with Gasteiger partial charge in [0.25, 0.3) is 0 Å². The monoisotopic (exact) mass is 223 g/mol. The molecule has 1 atom stereocenters. The largest absolute Gasteiger partial charge is 0.314 e. The van der Waals surface area contributed by atoms with Gasteiger partial charge in [-0.1, -0.05) is 13.8 Å². The topological polar surface area (TPSA) is 53.1 Å². The number of nitrogens with zero attached hydrogens (tertiary/aromatic N) is 2. The molecule has 0 radical (unpaired) electrons. The fourth-order valence-electron chi connectivity index (χ4n) is 2.46. The first-order valence-corrected chi connectivity index (χ1v) is 6.27. The Balaban J connectivity index is 2.26. The van der Waals surface area contributed by atoms with E-state index >= 15 is 0 Å². The molecular formula is C13H25N3. The summed E-state index contributed by atoms with van der Waals surface area (Å²) in [5.74, 6) is 0. The van der Waals surface area contributed by atoms with Crippen LogP contribution < -0.4 is 5.73 Å². The maximum absolute atomic E-state index is 8.83. The van der Waals surface area contributed by atoms with Crippen molar-refractivity contribution in [3.05, 3.63) is 0 Å². The number of piperidine rings is 1. The fourth-order valence-corrected chi connectivity index (χ4v) is 2.46. The van der Waals surface area contributed by atoms with Crippen molar-refractivity contribution in [1.82, 2.24) is 4.90 Å². The number of likely N-dealkylation sites (tertiary alicyclic amines) is 1. The first-order chi connectivity index (χ1) is 7.35. The van der Waals surface area contributed by atoms with Crippen molar-refractivity contribution in [2.24, 2.45) is 11.1 Å². The maximum atomic E-state index is 8.83. The lowest BCUT2D eigenvalue weighted by Crippen LogP contribution is -2.41. The Morgan fingerprint density at radius 3 is 2.75 bits per heavy atom. The zero-order valence-electron chi connectivity index (χ0n) is 10.9. The molecule has 0 amide bonds. The number of nitrogens with two attached hydrogens (primary N) is 1. The van der Waals surface area contributed by atoms with Crippen LogP contribution in [0.15, 0.2) is 0 Å². The Hall–Kier alpha value is -0.590. The van der Waals surface area contributed by atoms with Crippen molar-refractivity contribution in [1.29, 1.82) is 5.26 Å². The Kier molecular flexibility index (Phi) is 4.35. The molecule has 3 heteroatoms. The minimum Gasteiger partial charge on any atom is -0.314 e. The van der Waals surface area contributed by atoms with Crippen LogP contribution in [0.3, 0.4) is 0 Å². The summed E-state index contributed by atoms with van der Waals surface area (Å²) in [7, 11) is 0. The van der Waals surface area contributed by atoms with Crippen LogP contribution in [0.1, 0.15) is 46.5 Å². The minimum atomic E-state index is -0.648. The molecule has 1 aliphatic heterocycles. The van der Waals surface area contributed by atoms with Gasteiger partial charge in [-0.2, -0.15) is 5.26 Å². The van der Waals surface area contributed by atoms with Gasteiger partial charge in [-0.15, -0.1) is 0 Å². The van der Waals surface area contributed by atoms with E-state index in [1.807, 2.05) is 6.92 Å². The first-order valence-electron chi connectivity index (χ1n) is 6.27. The molecule has 1 unspecified atom stereocenters. The van der Waals surface area contributed by atoms with Gasteiger partial charge in [-0.25, -0.2) is 0 Å². The molecule has 0 aromatic heterocycles. The van der Waals surface area contributed by atoms with Gasteiger partial charge in [0.15, 0.2) is 0 Å². The molecule has 0 spiro atoms. The van der Waals surface area contributed by atoms with E-state index in [9.17, 15) is 0 Å². The van der Waals surface area contributed by atoms with E-state index in [0.717, 1.165) is 19.4 Å². The summed E-state index contributed by atoms with van der Waals surface area (Å²) in [6.45, 7) is 9.95. The summed E-state index contributed by atoms with van der Waals surface area (Å²) in [5.41, 5.74) is 5.62. The smallest absolute Gasteiger partial charge is 0.101 e. The Bertz CT molecular complexity index is 263. The quantitative estimate of drug-likeness (QED) is 0.794. The highest BCUT2D eigenvalue weighted by atomic mass is 15.1. The second-order valence-corrected chi connectivity index (χ2v) is 6.18. The molecule has 1 saturated heterocycles. The van der Waals surface area contributed by atoms with Crippen LogP contribution >= 0.6 is 0 Å². The lowest BCUT2D eigenvalue weighted by Gasteiger charge is -2.38. The molecule has 0 aromatic rings. The van der Waals surface area contributed by atoms with Crippen LogP contribution in [0.5, 0.6) is 0 Å². The van der Waals surface area contributed by atoms with E-state index in [1.54, 1.807) is 0 Å². The summed E-state index contributed by atoms with van der Waals surface area (Å²) >= 11 is 0. The number of nitriles is 1. The molecule has 1 heterocycles. The lowest BCUT2D eigenvalue weighted by molar-refractivity contribution is 0.115. The molecule has 1 aliphatic rings. The molecule has 0 aliphatic carbocycles. The molecule has 1 rings (SSSR count). The van der Waals surface area contributed by atoms with Crippen LogP contribution in [-0.4, -0.2) is 30.1 Å². The third-order valence-electron chi connectivity index (χ3n) is 3.41. The van der Waals surface area contributed by atoms with Gasteiger partial charge in [-0.3, -0.25) is 0 Å². The van der Waals surface area contributed by atoms with Crippen molar-refractivity contribution in [2.45, 2.75) is 52.0 Å². The molecule has 0 aromatic carbocycles. The fraction of sp³-hybridized carbons (Fsp3) is 0.923. The van der Waals surface area contributed by atoms with E-state index in [-0.39, 0.29) is 0 Å². The van der Waals surface area contributed by atoms with Gasteiger partial charge < -0.3 is 10.6 Å². The van der Waals surface area contributed by atoms with Crippen molar-refractivity contribution < 1.29 is 0 Å². The average Bonchev–Trinajstić information content (AvgIpc) is 2.16. The predicted octanol–water partition coefficient (Wildman–Crippen LogP) is 2.13. The molecule has 0 saturated carbocycles. The van der Waals surface area contributed by atoms with Crippen molar-refractivity contribution in [3.8, 4) is 6.07 Å². The van der Waals surface area contributed by atoms with Crippen molar-refractivity contribution >= 4 is 0 Å². The Morgan fingerprint density at radius 1 is 1.50 bits per heavy atom. The minimum absolute atomic E-state index is 0.458. The Morgan fingerprint density at radius 2 is 2.19 bits per heavy atom. The molecule has 3 nitrogen and oxygen atoms in total. The van der Waals surface area contributed by atoms with E-state index in [4.69, 9.17) is 11.0 Å². The van der Waals surface area contributed by atoms with Gasteiger partial charge in [0.1, 0.15) is 5.54 Å². The zero-order valence-corrected chi connectivity index (χ0v) is 10.9. The van der Waals surface area contributed by atoms with E-state index in [1.165, 1.54) is 25.9 Å². The SMILES string of the molecule is CC(N)(C#N)CCCN1CCCC(C)(C)C1. The standard InChI is InChI=1S/C13H25N3/c1-12(2)6-4-8-16(11-12)9-5-7-13(3,15)10-14/h4-9,11,15H2,1-3H3. The summed E-state index contributed by atoms with van der Waals surface area (Å²) in [6.07, 6.45) is 4.44. The highest BCUT2D eigenvalue weighted by molar-refractivity contribution is 5.00. The molecular weight excluding hydrogens is 198 g/mol. The molecule has 92 valence electrons. The normalized spacial score (nSPS) is 24.7. The van der Waals surface area contributed by atoms with E-state index < -0.39 is 5.54 Å². The number of rotatable bonds is 4. The summed E-state index contributed by atoms with van der Waals surface area (Å²) in [4.78, 5) is 2.51. The second-order valence-electron chi connectivity index (χ2n) is 6.18. The van der Waals surface area contributed by atoms with E-state index in [2.05, 4.69) is 24.8 Å². The zero-order chi connectivity index (χ0) is 12.2. The van der Waals surface area contributed by atoms with Crippen molar-refractivity contribution in [3.63, 3.8) is 0 Å². The molecule has 0 bridgehead atoms. The highest BCUT2D eigenvalue weighted by Crippen LogP contribution is 2.28. The van der Waals surface area contributed by atoms with Gasteiger partial charge >= 0.3 is 0 Å². The van der Waals surface area contributed by atoms with Crippen LogP contribution in [0.25, 0.3) is 0 Å². The molecule has 2 N–H and O–H groups in total. The van der Waals surface area contributed by atoms with Crippen molar-refractivity contribution in [2.75, 3.05) is 19.6 Å². The van der Waals surface area contributed by atoms with E-state index in [0.29, 0.717) is 5.41 Å². The second kappa shape index (κ2) is 5.16. The summed E-state index contributed by atoms with van der Waals surface area (Å²) in [5, 5.41) is 8.83. The summed E-state index contributed by atoms with van der Waals surface area (Å²) in [6, 6.07) is 2.15. The predicted molar refractivity (Wildman–Crippen MR) is 66.9 cm³/mol. The maximum Gasteiger partial charge on any atom is 0.101 e. The van der Waals surface area contributed by atoms with Gasteiger partial charge in [0.2, 0.25) is 0 Å².